The van der Waals surface area contributed by atoms with Crippen molar-refractivity contribution in [3.05, 3.63) is 47.7 Å². The molecule has 0 aliphatic heterocycles. The maximum absolute atomic E-state index is 13.8. The molecule has 1 N–H and O–H groups in total. The second-order valence-electron chi connectivity index (χ2n) is 7.43. The van der Waals surface area contributed by atoms with Crippen LogP contribution in [0.2, 0.25) is 0 Å². The lowest BCUT2D eigenvalue weighted by atomic mass is 9.97. The third kappa shape index (κ3) is 7.79. The van der Waals surface area contributed by atoms with Gasteiger partial charge in [-0.1, -0.05) is 38.6 Å². The van der Waals surface area contributed by atoms with E-state index < -0.39 is 5.92 Å². The molecule has 0 amide bonds. The van der Waals surface area contributed by atoms with E-state index in [9.17, 15) is 8.78 Å². The Morgan fingerprint density at radius 3 is 2.63 bits per heavy atom. The summed E-state index contributed by atoms with van der Waals surface area (Å²) < 4.78 is 27.6. The van der Waals surface area contributed by atoms with Crippen LogP contribution in [-0.2, 0) is 5.92 Å². The molecule has 0 aromatic heterocycles. The first-order valence-electron chi connectivity index (χ1n) is 9.79. The molecular weight excluding hydrogens is 344 g/mol. The smallest absolute Gasteiger partial charge is 0.270 e. The van der Waals surface area contributed by atoms with Crippen molar-refractivity contribution in [2.75, 3.05) is 26.7 Å². The Balaban J connectivity index is 2.80. The van der Waals surface area contributed by atoms with Crippen LogP contribution in [0, 0.1) is 12.8 Å². The SMILES string of the molecule is C=CNC(=NCCC(C)CCN(C)CCC)c1cccc(C(C)(F)F)c1C. The van der Waals surface area contributed by atoms with Crippen LogP contribution in [0.15, 0.2) is 36.0 Å². The molecule has 0 spiro atoms. The Bertz CT molecular complexity index is 620. The fraction of sp³-hybridized carbons (Fsp3) is 0.591. The molecule has 3 nitrogen and oxygen atoms in total. The van der Waals surface area contributed by atoms with Gasteiger partial charge in [-0.05, 0) is 64.0 Å². The molecule has 0 heterocycles. The molecule has 1 rings (SSSR count). The van der Waals surface area contributed by atoms with Crippen LogP contribution < -0.4 is 5.32 Å². The first-order valence-corrected chi connectivity index (χ1v) is 9.79. The number of nitrogens with zero attached hydrogens (tertiary/aromatic N) is 2. The number of hydrogen-bond donors (Lipinski definition) is 1. The van der Waals surface area contributed by atoms with Crippen LogP contribution in [0.4, 0.5) is 8.78 Å². The lowest BCUT2D eigenvalue weighted by molar-refractivity contribution is 0.0168. The zero-order chi connectivity index (χ0) is 20.4. The highest BCUT2D eigenvalue weighted by molar-refractivity contribution is 6.00. The summed E-state index contributed by atoms with van der Waals surface area (Å²) in [6.45, 7) is 13.6. The molecule has 0 radical (unpaired) electrons. The number of rotatable bonds is 11. The molecule has 1 aromatic carbocycles. The van der Waals surface area contributed by atoms with E-state index in [1.165, 1.54) is 18.7 Å². The first kappa shape index (κ1) is 23.3. The van der Waals surface area contributed by atoms with Gasteiger partial charge in [-0.2, -0.15) is 0 Å². The van der Waals surface area contributed by atoms with Crippen molar-refractivity contribution in [1.82, 2.24) is 10.2 Å². The molecule has 0 aliphatic carbocycles. The summed E-state index contributed by atoms with van der Waals surface area (Å²) in [6.07, 6.45) is 4.80. The van der Waals surface area contributed by atoms with Gasteiger partial charge in [0.2, 0.25) is 0 Å². The zero-order valence-corrected chi connectivity index (χ0v) is 17.5. The van der Waals surface area contributed by atoms with Crippen molar-refractivity contribution in [3.8, 4) is 0 Å². The minimum absolute atomic E-state index is 0.0332. The van der Waals surface area contributed by atoms with Crippen LogP contribution in [0.1, 0.15) is 56.7 Å². The van der Waals surface area contributed by atoms with Crippen LogP contribution >= 0.6 is 0 Å². The molecule has 0 fully saturated rings. The molecule has 1 atom stereocenters. The highest BCUT2D eigenvalue weighted by Gasteiger charge is 2.27. The Hall–Kier alpha value is -1.75. The molecule has 0 saturated heterocycles. The van der Waals surface area contributed by atoms with Gasteiger partial charge in [-0.3, -0.25) is 4.99 Å². The van der Waals surface area contributed by atoms with Gasteiger partial charge in [0.1, 0.15) is 5.84 Å². The molecule has 0 aliphatic rings. The highest BCUT2D eigenvalue weighted by atomic mass is 19.3. The van der Waals surface area contributed by atoms with Gasteiger partial charge in [0.15, 0.2) is 0 Å². The van der Waals surface area contributed by atoms with E-state index in [1.54, 1.807) is 13.0 Å². The van der Waals surface area contributed by atoms with E-state index in [1.807, 2.05) is 6.07 Å². The summed E-state index contributed by atoms with van der Waals surface area (Å²) in [5.74, 6) is -1.72. The van der Waals surface area contributed by atoms with Gasteiger partial charge < -0.3 is 10.2 Å². The number of benzene rings is 1. The molecule has 0 saturated carbocycles. The number of halogens is 2. The van der Waals surface area contributed by atoms with Crippen molar-refractivity contribution < 1.29 is 8.78 Å². The second kappa shape index (κ2) is 11.2. The van der Waals surface area contributed by atoms with Gasteiger partial charge in [-0.15, -0.1) is 0 Å². The van der Waals surface area contributed by atoms with Crippen LogP contribution in [0.3, 0.4) is 0 Å². The number of aliphatic imine (C=N–C) groups is 1. The predicted octanol–water partition coefficient (Wildman–Crippen LogP) is 5.34. The van der Waals surface area contributed by atoms with Crippen molar-refractivity contribution in [2.24, 2.45) is 10.9 Å². The minimum atomic E-state index is -2.88. The molecule has 0 bridgehead atoms. The largest absolute Gasteiger partial charge is 0.347 e. The average Bonchev–Trinajstić information content (AvgIpc) is 2.59. The molecular formula is C22H35F2N3. The molecule has 1 unspecified atom stereocenters. The lowest BCUT2D eigenvalue weighted by Gasteiger charge is -2.19. The summed E-state index contributed by atoms with van der Waals surface area (Å²) >= 11 is 0. The maximum atomic E-state index is 13.8. The topological polar surface area (TPSA) is 27.6 Å². The van der Waals surface area contributed by atoms with Crippen LogP contribution in [-0.4, -0.2) is 37.4 Å². The maximum Gasteiger partial charge on any atom is 0.270 e. The van der Waals surface area contributed by atoms with Crippen molar-refractivity contribution in [2.45, 2.75) is 52.9 Å². The minimum Gasteiger partial charge on any atom is -0.347 e. The van der Waals surface area contributed by atoms with Gasteiger partial charge in [0.25, 0.3) is 5.92 Å². The summed E-state index contributed by atoms with van der Waals surface area (Å²) in [5.41, 5.74) is 1.28. The van der Waals surface area contributed by atoms with Crippen molar-refractivity contribution in [1.29, 1.82) is 0 Å². The zero-order valence-electron chi connectivity index (χ0n) is 17.5. The summed E-state index contributed by atoms with van der Waals surface area (Å²) in [6, 6.07) is 4.95. The number of alkyl halides is 2. The van der Waals surface area contributed by atoms with Gasteiger partial charge in [-0.25, -0.2) is 8.78 Å². The van der Waals surface area contributed by atoms with Crippen LogP contribution in [0.5, 0.6) is 0 Å². The van der Waals surface area contributed by atoms with Gasteiger partial charge >= 0.3 is 0 Å². The molecule has 152 valence electrons. The fourth-order valence-corrected chi connectivity index (χ4v) is 3.15. The number of hydrogen-bond acceptors (Lipinski definition) is 2. The molecule has 5 heteroatoms. The van der Waals surface area contributed by atoms with E-state index in [0.717, 1.165) is 32.9 Å². The monoisotopic (exact) mass is 379 g/mol. The Morgan fingerprint density at radius 1 is 1.33 bits per heavy atom. The average molecular weight is 380 g/mol. The summed E-state index contributed by atoms with van der Waals surface area (Å²) in [4.78, 5) is 7.00. The molecule has 27 heavy (non-hydrogen) atoms. The quantitative estimate of drug-likeness (QED) is 0.415. The van der Waals surface area contributed by atoms with E-state index in [2.05, 4.69) is 42.7 Å². The van der Waals surface area contributed by atoms with Crippen molar-refractivity contribution >= 4 is 5.84 Å². The molecule has 1 aromatic rings. The highest BCUT2D eigenvalue weighted by Crippen LogP contribution is 2.31. The normalized spacial score (nSPS) is 13.7. The third-order valence-electron chi connectivity index (χ3n) is 4.80. The summed E-state index contributed by atoms with van der Waals surface area (Å²) in [5, 5.41) is 3.02. The predicted molar refractivity (Wildman–Crippen MR) is 112 cm³/mol. The van der Waals surface area contributed by atoms with E-state index in [-0.39, 0.29) is 5.56 Å². The van der Waals surface area contributed by atoms with Crippen LogP contribution in [0.25, 0.3) is 0 Å². The first-order chi connectivity index (χ1) is 12.7. The van der Waals surface area contributed by atoms with Gasteiger partial charge in [0, 0.05) is 24.6 Å². The Kier molecular flexibility index (Phi) is 9.64. The third-order valence-corrected chi connectivity index (χ3v) is 4.80. The number of amidine groups is 1. The van der Waals surface area contributed by atoms with E-state index in [0.29, 0.717) is 29.4 Å². The summed E-state index contributed by atoms with van der Waals surface area (Å²) in [7, 11) is 2.15. The van der Waals surface area contributed by atoms with Gasteiger partial charge in [0.05, 0.1) is 0 Å². The van der Waals surface area contributed by atoms with E-state index >= 15 is 0 Å². The fourth-order valence-electron chi connectivity index (χ4n) is 3.15. The van der Waals surface area contributed by atoms with Crippen molar-refractivity contribution in [3.63, 3.8) is 0 Å². The number of nitrogens with one attached hydrogen (secondary N) is 1. The Labute approximate surface area is 163 Å². The Morgan fingerprint density at radius 2 is 2.04 bits per heavy atom. The van der Waals surface area contributed by atoms with E-state index in [4.69, 9.17) is 0 Å². The second-order valence-corrected chi connectivity index (χ2v) is 7.43. The lowest BCUT2D eigenvalue weighted by Crippen LogP contribution is -2.23. The standard InChI is InChI=1S/C22H35F2N3/c1-7-15-27(6)16-13-17(3)12-14-26-21(25-8-2)19-10-9-11-20(18(19)4)22(5,23)24/h8-11,17H,2,7,12-16H2,1,3-6H3,(H,25,26).